The molecule has 0 bridgehead atoms. The number of carboxylic acids is 1. The number of alkyl halides is 3. The topological polar surface area (TPSA) is 74.6 Å². The third-order valence-corrected chi connectivity index (χ3v) is 3.17. The fraction of sp³-hybridized carbons (Fsp3) is 0.0588. The molecular weight excluding hydrogens is 325 g/mol. The van der Waals surface area contributed by atoms with Gasteiger partial charge in [-0.3, -0.25) is 4.79 Å². The number of benzene rings is 2. The Morgan fingerprint density at radius 1 is 1.00 bits per heavy atom. The number of hydrogen-bond acceptors (Lipinski definition) is 3. The van der Waals surface area contributed by atoms with Gasteiger partial charge in [0.05, 0.1) is 11.1 Å². The minimum absolute atomic E-state index is 0.145. The first-order valence-electron chi connectivity index (χ1n) is 6.65. The van der Waals surface area contributed by atoms with Crippen LogP contribution in [-0.4, -0.2) is 22.0 Å². The zero-order valence-corrected chi connectivity index (χ0v) is 12.0. The van der Waals surface area contributed by atoms with Gasteiger partial charge in [-0.1, -0.05) is 24.3 Å². The summed E-state index contributed by atoms with van der Waals surface area (Å²) < 4.78 is 37.9. The lowest BCUT2D eigenvalue weighted by Crippen LogP contribution is -2.04. The lowest BCUT2D eigenvalue weighted by molar-refractivity contribution is -0.137. The maximum atomic E-state index is 12.6. The van der Waals surface area contributed by atoms with E-state index < -0.39 is 34.8 Å². The molecule has 2 aromatic carbocycles. The number of aromatic hydroxyl groups is 1. The van der Waals surface area contributed by atoms with Crippen molar-refractivity contribution in [3.63, 3.8) is 0 Å². The van der Waals surface area contributed by atoms with E-state index in [-0.39, 0.29) is 11.1 Å². The van der Waals surface area contributed by atoms with Gasteiger partial charge < -0.3 is 10.2 Å². The van der Waals surface area contributed by atoms with Gasteiger partial charge in [0.2, 0.25) is 0 Å². The number of carboxylic acid groups (broad SMARTS) is 1. The number of rotatable bonds is 4. The second kappa shape index (κ2) is 6.57. The van der Waals surface area contributed by atoms with Gasteiger partial charge in [-0.2, -0.15) is 13.2 Å². The first kappa shape index (κ1) is 17.3. The lowest BCUT2D eigenvalue weighted by Gasteiger charge is -2.06. The van der Waals surface area contributed by atoms with Crippen LogP contribution in [0.25, 0.3) is 6.08 Å². The third-order valence-electron chi connectivity index (χ3n) is 3.17. The van der Waals surface area contributed by atoms with Gasteiger partial charge in [0.25, 0.3) is 0 Å². The molecule has 0 atom stereocenters. The van der Waals surface area contributed by atoms with Crippen molar-refractivity contribution in [1.82, 2.24) is 0 Å². The number of phenols is 1. The monoisotopic (exact) mass is 336 g/mol. The van der Waals surface area contributed by atoms with Crippen molar-refractivity contribution in [3.8, 4) is 5.75 Å². The predicted octanol–water partition coefficient (Wildman–Crippen LogP) is 4.01. The summed E-state index contributed by atoms with van der Waals surface area (Å²) >= 11 is 0. The molecule has 24 heavy (non-hydrogen) atoms. The zero-order chi connectivity index (χ0) is 17.9. The summed E-state index contributed by atoms with van der Waals surface area (Å²) in [6.07, 6.45) is -2.37. The van der Waals surface area contributed by atoms with Crippen LogP contribution in [0.1, 0.15) is 31.8 Å². The van der Waals surface area contributed by atoms with E-state index in [4.69, 9.17) is 5.11 Å². The van der Waals surface area contributed by atoms with Gasteiger partial charge in [-0.05, 0) is 35.9 Å². The van der Waals surface area contributed by atoms with Crippen LogP contribution in [0.4, 0.5) is 13.2 Å². The Hall–Kier alpha value is -3.09. The number of ketones is 1. The van der Waals surface area contributed by atoms with Crippen LogP contribution in [0.15, 0.2) is 48.5 Å². The van der Waals surface area contributed by atoms with Crippen molar-refractivity contribution >= 4 is 17.8 Å². The van der Waals surface area contributed by atoms with E-state index in [1.165, 1.54) is 24.3 Å². The van der Waals surface area contributed by atoms with E-state index in [0.717, 1.165) is 30.4 Å². The van der Waals surface area contributed by atoms with Crippen molar-refractivity contribution in [2.75, 3.05) is 0 Å². The van der Waals surface area contributed by atoms with Crippen molar-refractivity contribution in [1.29, 1.82) is 0 Å². The van der Waals surface area contributed by atoms with Crippen LogP contribution < -0.4 is 0 Å². The summed E-state index contributed by atoms with van der Waals surface area (Å²) in [5.74, 6) is -2.82. The van der Waals surface area contributed by atoms with Crippen LogP contribution in [-0.2, 0) is 6.18 Å². The fourth-order valence-electron chi connectivity index (χ4n) is 2.00. The molecule has 0 amide bonds. The van der Waals surface area contributed by atoms with Gasteiger partial charge in [0, 0.05) is 0 Å². The molecule has 2 aromatic rings. The maximum Gasteiger partial charge on any atom is 0.416 e. The first-order valence-corrected chi connectivity index (χ1v) is 6.65. The minimum atomic E-state index is -4.50. The van der Waals surface area contributed by atoms with E-state index >= 15 is 0 Å². The standard InChI is InChI=1S/C17H11F3O4/c18-17(19,20)11-4-1-3-10(9-11)7-8-14(21)12-5-2-6-13(15(12)22)16(23)24/h1-9,22H,(H,23,24). The molecular formula is C17H11F3O4. The molecule has 0 fully saturated rings. The van der Waals surface area contributed by atoms with Crippen molar-refractivity contribution in [2.45, 2.75) is 6.18 Å². The van der Waals surface area contributed by atoms with Gasteiger partial charge in [0.15, 0.2) is 5.78 Å². The summed E-state index contributed by atoms with van der Waals surface area (Å²) in [5.41, 5.74) is -1.40. The third kappa shape index (κ3) is 3.81. The highest BCUT2D eigenvalue weighted by molar-refractivity contribution is 6.10. The smallest absolute Gasteiger partial charge is 0.416 e. The molecule has 2 N–H and O–H groups in total. The molecule has 0 spiro atoms. The molecule has 0 aliphatic rings. The normalized spacial score (nSPS) is 11.6. The van der Waals surface area contributed by atoms with E-state index in [2.05, 4.69) is 0 Å². The van der Waals surface area contributed by atoms with E-state index in [1.807, 2.05) is 0 Å². The number of carbonyl (C=O) groups is 2. The number of aromatic carboxylic acids is 1. The second-order valence-electron chi connectivity index (χ2n) is 4.83. The molecule has 0 aliphatic carbocycles. The Bertz CT molecular complexity index is 823. The lowest BCUT2D eigenvalue weighted by atomic mass is 10.0. The number of hydrogen-bond donors (Lipinski definition) is 2. The Kier molecular flexibility index (Phi) is 4.73. The predicted molar refractivity (Wildman–Crippen MR) is 79.9 cm³/mol. The highest BCUT2D eigenvalue weighted by Gasteiger charge is 2.30. The molecule has 0 saturated heterocycles. The molecule has 0 unspecified atom stereocenters. The summed E-state index contributed by atoms with van der Waals surface area (Å²) in [6.45, 7) is 0. The van der Waals surface area contributed by atoms with E-state index in [1.54, 1.807) is 0 Å². The van der Waals surface area contributed by atoms with E-state index in [9.17, 15) is 27.9 Å². The summed E-state index contributed by atoms with van der Waals surface area (Å²) in [6, 6.07) is 8.00. The van der Waals surface area contributed by atoms with E-state index in [0.29, 0.717) is 0 Å². The molecule has 4 nitrogen and oxygen atoms in total. The van der Waals surface area contributed by atoms with Gasteiger partial charge in [-0.25, -0.2) is 4.79 Å². The highest BCUT2D eigenvalue weighted by atomic mass is 19.4. The molecule has 0 aromatic heterocycles. The van der Waals surface area contributed by atoms with Gasteiger partial charge in [0.1, 0.15) is 11.3 Å². The number of halogens is 3. The molecule has 0 radical (unpaired) electrons. The zero-order valence-electron chi connectivity index (χ0n) is 12.0. The van der Waals surface area contributed by atoms with Crippen LogP contribution >= 0.6 is 0 Å². The molecule has 2 rings (SSSR count). The van der Waals surface area contributed by atoms with Crippen LogP contribution in [0.2, 0.25) is 0 Å². The molecule has 0 saturated carbocycles. The Morgan fingerprint density at radius 3 is 2.25 bits per heavy atom. The van der Waals surface area contributed by atoms with Crippen LogP contribution in [0, 0.1) is 0 Å². The van der Waals surface area contributed by atoms with Crippen molar-refractivity contribution in [3.05, 3.63) is 70.8 Å². The summed E-state index contributed by atoms with van der Waals surface area (Å²) in [5, 5.41) is 18.7. The quantitative estimate of drug-likeness (QED) is 0.653. The molecule has 0 aliphatic heterocycles. The highest BCUT2D eigenvalue weighted by Crippen LogP contribution is 2.30. The molecule has 0 heterocycles. The van der Waals surface area contributed by atoms with Crippen molar-refractivity contribution in [2.24, 2.45) is 0 Å². The Morgan fingerprint density at radius 2 is 1.62 bits per heavy atom. The second-order valence-corrected chi connectivity index (χ2v) is 4.83. The molecule has 7 heteroatoms. The van der Waals surface area contributed by atoms with Gasteiger partial charge >= 0.3 is 12.1 Å². The molecule has 124 valence electrons. The van der Waals surface area contributed by atoms with Crippen LogP contribution in [0.3, 0.4) is 0 Å². The number of carbonyl (C=O) groups excluding carboxylic acids is 1. The average molecular weight is 336 g/mol. The Balaban J connectivity index is 2.29. The van der Waals surface area contributed by atoms with Crippen molar-refractivity contribution < 1.29 is 33.0 Å². The number of para-hydroxylation sites is 1. The maximum absolute atomic E-state index is 12.6. The fourth-order valence-corrected chi connectivity index (χ4v) is 2.00. The first-order chi connectivity index (χ1) is 11.2. The largest absolute Gasteiger partial charge is 0.506 e. The average Bonchev–Trinajstić information content (AvgIpc) is 2.52. The SMILES string of the molecule is O=C(O)c1cccc(C(=O)C=Cc2cccc(C(F)(F)F)c2)c1O. The summed E-state index contributed by atoms with van der Waals surface area (Å²) in [4.78, 5) is 22.9. The Labute approximate surface area is 134 Å². The van der Waals surface area contributed by atoms with Gasteiger partial charge in [-0.15, -0.1) is 0 Å². The minimum Gasteiger partial charge on any atom is -0.506 e. The number of allylic oxidation sites excluding steroid dienone is 1. The van der Waals surface area contributed by atoms with Crippen LogP contribution in [0.5, 0.6) is 5.75 Å². The summed E-state index contributed by atoms with van der Waals surface area (Å²) in [7, 11) is 0.